The van der Waals surface area contributed by atoms with Crippen molar-refractivity contribution in [3.05, 3.63) is 46.1 Å². The Morgan fingerprint density at radius 3 is 2.52 bits per heavy atom. The van der Waals surface area contributed by atoms with E-state index in [2.05, 4.69) is 5.32 Å². The number of nitrogens with one attached hydrogen (secondary N) is 1. The van der Waals surface area contributed by atoms with E-state index in [0.29, 0.717) is 10.4 Å². The maximum atomic E-state index is 13.7. The van der Waals surface area contributed by atoms with Crippen molar-refractivity contribution in [2.75, 3.05) is 11.9 Å². The highest BCUT2D eigenvalue weighted by Crippen LogP contribution is 2.34. The molecule has 1 amide bonds. The Labute approximate surface area is 160 Å². The average molecular weight is 393 g/mol. The van der Waals surface area contributed by atoms with Gasteiger partial charge in [0.05, 0.1) is 17.0 Å². The SMILES string of the molecule is CCOC(=O)c1c(NC(=O)[C@H](C)Oc2ccccc2F)sc(C(C)=O)c1C. The first-order valence-electron chi connectivity index (χ1n) is 8.29. The minimum atomic E-state index is -1.03. The molecule has 1 N–H and O–H groups in total. The quantitative estimate of drug-likeness (QED) is 0.568. The number of carbonyl (C=O) groups excluding carboxylic acids is 3. The van der Waals surface area contributed by atoms with Crippen LogP contribution in [0.1, 0.15) is 46.4 Å². The van der Waals surface area contributed by atoms with E-state index in [0.717, 1.165) is 11.3 Å². The van der Waals surface area contributed by atoms with Crippen LogP contribution in [-0.2, 0) is 9.53 Å². The number of para-hydroxylation sites is 1. The molecular weight excluding hydrogens is 373 g/mol. The third-order valence-electron chi connectivity index (χ3n) is 3.69. The standard InChI is InChI=1S/C19H20FNO5S/c1-5-25-19(24)15-10(2)16(11(3)22)27-18(15)21-17(23)12(4)26-14-9-7-6-8-13(14)20/h6-9,12H,5H2,1-4H3,(H,21,23)/t12-/m0/s1. The van der Waals surface area contributed by atoms with Crippen molar-refractivity contribution in [1.29, 1.82) is 0 Å². The maximum Gasteiger partial charge on any atom is 0.341 e. The molecule has 1 atom stereocenters. The van der Waals surface area contributed by atoms with E-state index in [1.165, 1.54) is 32.0 Å². The Balaban J connectivity index is 2.25. The predicted molar refractivity (Wildman–Crippen MR) is 100 cm³/mol. The predicted octanol–water partition coefficient (Wildman–Crippen LogP) is 3.98. The largest absolute Gasteiger partial charge is 0.478 e. The van der Waals surface area contributed by atoms with Crippen molar-refractivity contribution in [3.8, 4) is 5.75 Å². The van der Waals surface area contributed by atoms with E-state index in [-0.39, 0.29) is 28.7 Å². The second-order valence-corrected chi connectivity index (χ2v) is 6.74. The molecule has 2 aromatic rings. The molecule has 0 aliphatic rings. The summed E-state index contributed by atoms with van der Waals surface area (Å²) < 4.78 is 24.1. The summed E-state index contributed by atoms with van der Waals surface area (Å²) in [7, 11) is 0. The monoisotopic (exact) mass is 393 g/mol. The fraction of sp³-hybridized carbons (Fsp3) is 0.316. The molecule has 0 saturated carbocycles. The molecule has 27 heavy (non-hydrogen) atoms. The maximum absolute atomic E-state index is 13.7. The molecule has 144 valence electrons. The molecule has 1 aromatic heterocycles. The fourth-order valence-electron chi connectivity index (χ4n) is 2.38. The summed E-state index contributed by atoms with van der Waals surface area (Å²) >= 11 is 0.992. The lowest BCUT2D eigenvalue weighted by Gasteiger charge is -2.15. The van der Waals surface area contributed by atoms with Gasteiger partial charge >= 0.3 is 5.97 Å². The molecular formula is C19H20FNO5S. The first kappa shape index (κ1) is 20.6. The van der Waals surface area contributed by atoms with E-state index >= 15 is 0 Å². The molecule has 0 unspecified atom stereocenters. The molecule has 0 radical (unpaired) electrons. The van der Waals surface area contributed by atoms with Crippen LogP contribution in [0.25, 0.3) is 0 Å². The lowest BCUT2D eigenvalue weighted by molar-refractivity contribution is -0.122. The highest BCUT2D eigenvalue weighted by molar-refractivity contribution is 7.18. The van der Waals surface area contributed by atoms with Gasteiger partial charge in [-0.15, -0.1) is 11.3 Å². The van der Waals surface area contributed by atoms with Gasteiger partial charge in [-0.25, -0.2) is 9.18 Å². The number of benzene rings is 1. The van der Waals surface area contributed by atoms with E-state index in [4.69, 9.17) is 9.47 Å². The topological polar surface area (TPSA) is 81.7 Å². The highest BCUT2D eigenvalue weighted by atomic mass is 32.1. The molecule has 6 nitrogen and oxygen atoms in total. The van der Waals surface area contributed by atoms with Crippen molar-refractivity contribution >= 4 is 34.0 Å². The number of carbonyl (C=O) groups is 3. The second kappa shape index (κ2) is 8.77. The fourth-order valence-corrected chi connectivity index (χ4v) is 3.48. The minimum absolute atomic E-state index is 0.0578. The lowest BCUT2D eigenvalue weighted by atomic mass is 10.1. The number of amides is 1. The third kappa shape index (κ3) is 4.71. The van der Waals surface area contributed by atoms with Crippen LogP contribution in [0.5, 0.6) is 5.75 Å². The van der Waals surface area contributed by atoms with E-state index in [1.807, 2.05) is 0 Å². The Bertz CT molecular complexity index is 877. The zero-order valence-electron chi connectivity index (χ0n) is 15.4. The lowest BCUT2D eigenvalue weighted by Crippen LogP contribution is -2.30. The van der Waals surface area contributed by atoms with Crippen LogP contribution >= 0.6 is 11.3 Å². The zero-order chi connectivity index (χ0) is 20.1. The summed E-state index contributed by atoms with van der Waals surface area (Å²) in [5, 5.41) is 2.78. The summed E-state index contributed by atoms with van der Waals surface area (Å²) in [6, 6.07) is 5.73. The number of hydrogen-bond acceptors (Lipinski definition) is 6. The first-order valence-corrected chi connectivity index (χ1v) is 9.11. The number of hydrogen-bond donors (Lipinski definition) is 1. The summed E-state index contributed by atoms with van der Waals surface area (Å²) in [6.07, 6.45) is -1.03. The Hall–Kier alpha value is -2.74. The third-order valence-corrected chi connectivity index (χ3v) is 5.00. The van der Waals surface area contributed by atoms with Crippen molar-refractivity contribution in [1.82, 2.24) is 0 Å². The van der Waals surface area contributed by atoms with Gasteiger partial charge in [0.15, 0.2) is 23.5 Å². The number of ether oxygens (including phenoxy) is 2. The molecule has 2 rings (SSSR count). The summed E-state index contributed by atoms with van der Waals surface area (Å²) in [6.45, 7) is 6.27. The van der Waals surface area contributed by atoms with Gasteiger partial charge < -0.3 is 14.8 Å². The van der Waals surface area contributed by atoms with Gasteiger partial charge in [-0.3, -0.25) is 9.59 Å². The number of ketones is 1. The minimum Gasteiger partial charge on any atom is -0.478 e. The normalized spacial score (nSPS) is 11.6. The van der Waals surface area contributed by atoms with Gasteiger partial charge in [0.1, 0.15) is 5.00 Å². The van der Waals surface area contributed by atoms with Crippen LogP contribution in [0, 0.1) is 12.7 Å². The van der Waals surface area contributed by atoms with Gasteiger partial charge in [0.25, 0.3) is 5.91 Å². The van der Waals surface area contributed by atoms with Gasteiger partial charge in [0.2, 0.25) is 0 Å². The summed E-state index contributed by atoms with van der Waals surface area (Å²) in [5.41, 5.74) is 0.586. The van der Waals surface area contributed by atoms with Crippen LogP contribution in [0.3, 0.4) is 0 Å². The molecule has 8 heteroatoms. The number of esters is 1. The molecule has 0 aliphatic heterocycles. The van der Waals surface area contributed by atoms with Crippen LogP contribution in [-0.4, -0.2) is 30.4 Å². The average Bonchev–Trinajstić information content (AvgIpc) is 2.93. The van der Waals surface area contributed by atoms with Crippen LogP contribution in [0.4, 0.5) is 9.39 Å². The molecule has 0 saturated heterocycles. The zero-order valence-corrected chi connectivity index (χ0v) is 16.2. The smallest absolute Gasteiger partial charge is 0.341 e. The van der Waals surface area contributed by atoms with Crippen molar-refractivity contribution < 1.29 is 28.2 Å². The van der Waals surface area contributed by atoms with E-state index in [1.54, 1.807) is 19.9 Å². The van der Waals surface area contributed by atoms with Crippen molar-refractivity contribution in [3.63, 3.8) is 0 Å². The van der Waals surface area contributed by atoms with Gasteiger partial charge in [-0.2, -0.15) is 0 Å². The number of rotatable bonds is 7. The highest BCUT2D eigenvalue weighted by Gasteiger charge is 2.27. The molecule has 0 aliphatic carbocycles. The summed E-state index contributed by atoms with van der Waals surface area (Å²) in [5.74, 6) is -2.08. The first-order chi connectivity index (χ1) is 12.8. The van der Waals surface area contributed by atoms with Gasteiger partial charge in [-0.05, 0) is 45.4 Å². The Morgan fingerprint density at radius 2 is 1.93 bits per heavy atom. The van der Waals surface area contributed by atoms with Crippen LogP contribution < -0.4 is 10.1 Å². The van der Waals surface area contributed by atoms with Gasteiger partial charge in [-0.1, -0.05) is 12.1 Å². The van der Waals surface area contributed by atoms with Gasteiger partial charge in [0, 0.05) is 0 Å². The number of Topliss-reactive ketones (excluding diaryl/α,β-unsaturated/α-hetero) is 1. The number of thiophene rings is 1. The second-order valence-electron chi connectivity index (χ2n) is 5.72. The summed E-state index contributed by atoms with van der Waals surface area (Å²) in [4.78, 5) is 36.9. The molecule has 1 heterocycles. The molecule has 0 spiro atoms. The Kier molecular flexibility index (Phi) is 6.68. The number of halogens is 1. The molecule has 1 aromatic carbocycles. The number of anilines is 1. The van der Waals surface area contributed by atoms with E-state index < -0.39 is 23.8 Å². The Morgan fingerprint density at radius 1 is 1.26 bits per heavy atom. The van der Waals surface area contributed by atoms with Crippen LogP contribution in [0.2, 0.25) is 0 Å². The van der Waals surface area contributed by atoms with Crippen molar-refractivity contribution in [2.24, 2.45) is 0 Å². The molecule has 0 bridgehead atoms. The van der Waals surface area contributed by atoms with Crippen molar-refractivity contribution in [2.45, 2.75) is 33.8 Å². The van der Waals surface area contributed by atoms with E-state index in [9.17, 15) is 18.8 Å². The van der Waals surface area contributed by atoms with Crippen LogP contribution in [0.15, 0.2) is 24.3 Å². The molecule has 0 fully saturated rings.